The Morgan fingerprint density at radius 2 is 2.05 bits per heavy atom. The van der Waals surface area contributed by atoms with Crippen LogP contribution in [0.3, 0.4) is 0 Å². The molecule has 1 aromatic rings. The Kier molecular flexibility index (Phi) is 5.73. The lowest BCUT2D eigenvalue weighted by molar-refractivity contribution is 0.217. The first-order chi connectivity index (χ1) is 9.04. The van der Waals surface area contributed by atoms with Crippen LogP contribution in [0.25, 0.3) is 0 Å². The standard InChI is InChI=1S/C13H16BrN3O2/c1-4-17(5-2)13(19)16-11-7-6-10(14)12(9(11)3)15-8-18/h6-7H,4-5H2,1-3H3,(H,16,19). The molecule has 1 N–H and O–H groups in total. The van der Waals surface area contributed by atoms with Crippen molar-refractivity contribution in [2.45, 2.75) is 20.8 Å². The van der Waals surface area contributed by atoms with E-state index in [9.17, 15) is 9.59 Å². The van der Waals surface area contributed by atoms with E-state index in [1.165, 1.54) is 6.08 Å². The van der Waals surface area contributed by atoms with Gasteiger partial charge in [0.2, 0.25) is 6.08 Å². The molecule has 1 aromatic carbocycles. The molecule has 0 bridgehead atoms. The highest BCUT2D eigenvalue weighted by atomic mass is 79.9. The SMILES string of the molecule is CCN(CC)C(=O)Nc1ccc(Br)c(N=C=O)c1C. The van der Waals surface area contributed by atoms with Gasteiger partial charge in [-0.05, 0) is 48.8 Å². The topological polar surface area (TPSA) is 61.8 Å². The summed E-state index contributed by atoms with van der Waals surface area (Å²) in [4.78, 5) is 27.7. The molecule has 19 heavy (non-hydrogen) atoms. The van der Waals surface area contributed by atoms with Crippen LogP contribution < -0.4 is 5.32 Å². The summed E-state index contributed by atoms with van der Waals surface area (Å²) in [6, 6.07) is 3.34. The lowest BCUT2D eigenvalue weighted by Gasteiger charge is -2.20. The first-order valence-electron chi connectivity index (χ1n) is 5.98. The third kappa shape index (κ3) is 3.66. The van der Waals surface area contributed by atoms with E-state index in [1.54, 1.807) is 24.0 Å². The molecule has 0 saturated carbocycles. The first kappa shape index (κ1) is 15.4. The second kappa shape index (κ2) is 7.07. The number of hydrogen-bond donors (Lipinski definition) is 1. The van der Waals surface area contributed by atoms with E-state index in [0.29, 0.717) is 28.9 Å². The average molecular weight is 326 g/mol. The number of halogens is 1. The minimum atomic E-state index is -0.170. The molecule has 5 nitrogen and oxygen atoms in total. The van der Waals surface area contributed by atoms with Crippen molar-refractivity contribution in [2.75, 3.05) is 18.4 Å². The second-order valence-corrected chi connectivity index (χ2v) is 4.73. The number of nitrogens with zero attached hydrogens (tertiary/aromatic N) is 2. The molecule has 0 atom stereocenters. The quantitative estimate of drug-likeness (QED) is 0.679. The monoisotopic (exact) mass is 325 g/mol. The molecule has 0 radical (unpaired) electrons. The lowest BCUT2D eigenvalue weighted by atomic mass is 10.1. The number of benzene rings is 1. The predicted molar refractivity (Wildman–Crippen MR) is 78.6 cm³/mol. The third-order valence-corrected chi connectivity index (χ3v) is 3.47. The molecule has 0 fully saturated rings. The lowest BCUT2D eigenvalue weighted by Crippen LogP contribution is -2.34. The zero-order chi connectivity index (χ0) is 14.4. The second-order valence-electron chi connectivity index (χ2n) is 3.87. The van der Waals surface area contributed by atoms with E-state index in [-0.39, 0.29) is 6.03 Å². The molecule has 0 aliphatic heterocycles. The third-order valence-electron chi connectivity index (χ3n) is 2.83. The highest BCUT2D eigenvalue weighted by molar-refractivity contribution is 9.10. The van der Waals surface area contributed by atoms with E-state index in [1.807, 2.05) is 13.8 Å². The summed E-state index contributed by atoms with van der Waals surface area (Å²) in [5.41, 5.74) is 1.83. The number of hydrogen-bond acceptors (Lipinski definition) is 3. The fraction of sp³-hybridized carbons (Fsp3) is 0.385. The molecule has 0 spiro atoms. The van der Waals surface area contributed by atoms with Gasteiger partial charge in [-0.15, -0.1) is 0 Å². The van der Waals surface area contributed by atoms with Crippen molar-refractivity contribution in [3.05, 3.63) is 22.2 Å². The van der Waals surface area contributed by atoms with Gasteiger partial charge in [0.1, 0.15) is 0 Å². The van der Waals surface area contributed by atoms with Gasteiger partial charge in [-0.3, -0.25) is 0 Å². The maximum Gasteiger partial charge on any atom is 0.321 e. The molecule has 0 heterocycles. The largest absolute Gasteiger partial charge is 0.325 e. The Bertz CT molecular complexity index is 521. The number of isocyanates is 1. The van der Waals surface area contributed by atoms with Crippen molar-refractivity contribution in [1.82, 2.24) is 4.90 Å². The Hall–Kier alpha value is -1.65. The van der Waals surface area contributed by atoms with Gasteiger partial charge in [-0.25, -0.2) is 9.59 Å². The van der Waals surface area contributed by atoms with Gasteiger partial charge in [0, 0.05) is 28.8 Å². The van der Waals surface area contributed by atoms with Gasteiger partial charge in [0.15, 0.2) is 0 Å². The van der Waals surface area contributed by atoms with Gasteiger partial charge in [0.25, 0.3) is 0 Å². The van der Waals surface area contributed by atoms with Crippen LogP contribution in [0, 0.1) is 6.92 Å². The summed E-state index contributed by atoms with van der Waals surface area (Å²) in [5, 5.41) is 2.81. The maximum atomic E-state index is 12.0. The number of nitrogens with one attached hydrogen (secondary N) is 1. The normalized spacial score (nSPS) is 9.68. The first-order valence-corrected chi connectivity index (χ1v) is 6.77. The van der Waals surface area contributed by atoms with Crippen LogP contribution in [0.2, 0.25) is 0 Å². The van der Waals surface area contributed by atoms with E-state index in [2.05, 4.69) is 26.2 Å². The maximum absolute atomic E-state index is 12.0. The van der Waals surface area contributed by atoms with Crippen LogP contribution >= 0.6 is 15.9 Å². The van der Waals surface area contributed by atoms with Crippen LogP contribution in [-0.2, 0) is 4.79 Å². The number of anilines is 1. The number of amides is 2. The fourth-order valence-electron chi connectivity index (χ4n) is 1.69. The fourth-order valence-corrected chi connectivity index (χ4v) is 2.21. The van der Waals surface area contributed by atoms with E-state index < -0.39 is 0 Å². The Labute approximate surface area is 120 Å². The molecular weight excluding hydrogens is 310 g/mol. The van der Waals surface area contributed by atoms with Crippen LogP contribution in [0.4, 0.5) is 16.2 Å². The van der Waals surface area contributed by atoms with Gasteiger partial charge in [-0.1, -0.05) is 0 Å². The highest BCUT2D eigenvalue weighted by Crippen LogP contribution is 2.33. The molecular formula is C13H16BrN3O2. The summed E-state index contributed by atoms with van der Waals surface area (Å²) in [5.74, 6) is 0. The van der Waals surface area contributed by atoms with Crippen LogP contribution in [0.5, 0.6) is 0 Å². The Morgan fingerprint density at radius 1 is 1.42 bits per heavy atom. The summed E-state index contributed by atoms with van der Waals surface area (Å²) in [7, 11) is 0. The number of urea groups is 1. The molecule has 2 amide bonds. The highest BCUT2D eigenvalue weighted by Gasteiger charge is 2.13. The molecule has 1 rings (SSSR count). The summed E-state index contributed by atoms with van der Waals surface area (Å²) in [6.07, 6.45) is 1.51. The summed E-state index contributed by atoms with van der Waals surface area (Å²) < 4.78 is 0.689. The van der Waals surface area contributed by atoms with E-state index >= 15 is 0 Å². The number of carbonyl (C=O) groups excluding carboxylic acids is 2. The van der Waals surface area contributed by atoms with Gasteiger partial charge in [0.05, 0.1) is 5.69 Å². The average Bonchev–Trinajstić information content (AvgIpc) is 2.39. The smallest absolute Gasteiger partial charge is 0.321 e. The van der Waals surface area contributed by atoms with Crippen molar-refractivity contribution in [3.63, 3.8) is 0 Å². The Morgan fingerprint density at radius 3 is 2.58 bits per heavy atom. The molecule has 0 saturated heterocycles. The molecule has 0 aliphatic carbocycles. The molecule has 102 valence electrons. The van der Waals surface area contributed by atoms with E-state index in [4.69, 9.17) is 0 Å². The zero-order valence-electron chi connectivity index (χ0n) is 11.2. The molecule has 0 aromatic heterocycles. The Balaban J connectivity index is 3.06. The van der Waals surface area contributed by atoms with Crippen LogP contribution in [-0.4, -0.2) is 30.1 Å². The number of aliphatic imine (C=N–C) groups is 1. The van der Waals surface area contributed by atoms with Crippen LogP contribution in [0.15, 0.2) is 21.6 Å². The zero-order valence-corrected chi connectivity index (χ0v) is 12.7. The molecule has 6 heteroatoms. The van der Waals surface area contributed by atoms with Crippen molar-refractivity contribution >= 4 is 39.4 Å². The molecule has 0 unspecified atom stereocenters. The van der Waals surface area contributed by atoms with Crippen LogP contribution in [0.1, 0.15) is 19.4 Å². The van der Waals surface area contributed by atoms with Crippen molar-refractivity contribution < 1.29 is 9.59 Å². The van der Waals surface area contributed by atoms with Gasteiger partial charge < -0.3 is 10.2 Å². The number of rotatable bonds is 4. The number of carbonyl (C=O) groups is 1. The van der Waals surface area contributed by atoms with Crippen molar-refractivity contribution in [2.24, 2.45) is 4.99 Å². The minimum Gasteiger partial charge on any atom is -0.325 e. The predicted octanol–water partition coefficient (Wildman–Crippen LogP) is 3.60. The van der Waals surface area contributed by atoms with E-state index in [0.717, 1.165) is 5.56 Å². The summed E-state index contributed by atoms with van der Waals surface area (Å²) >= 11 is 3.31. The van der Waals surface area contributed by atoms with Crippen molar-refractivity contribution in [3.8, 4) is 0 Å². The summed E-state index contributed by atoms with van der Waals surface area (Å²) in [6.45, 7) is 6.90. The van der Waals surface area contributed by atoms with Gasteiger partial charge in [-0.2, -0.15) is 4.99 Å². The molecule has 0 aliphatic rings. The van der Waals surface area contributed by atoms with Crippen molar-refractivity contribution in [1.29, 1.82) is 0 Å². The minimum absolute atomic E-state index is 0.170. The van der Waals surface area contributed by atoms with Gasteiger partial charge >= 0.3 is 6.03 Å².